The van der Waals surface area contributed by atoms with E-state index in [1.165, 1.54) is 0 Å². The number of aromatic nitrogens is 2. The minimum absolute atomic E-state index is 0.445. The summed E-state index contributed by atoms with van der Waals surface area (Å²) in [5.74, 6) is 1.42. The molecule has 0 aliphatic rings. The molecule has 2 rings (SSSR count). The highest BCUT2D eigenvalue weighted by atomic mass is 32.1. The number of hydrogen-bond acceptors (Lipinski definition) is 4. The van der Waals surface area contributed by atoms with Gasteiger partial charge in [-0.15, -0.1) is 0 Å². The molecule has 1 aromatic carbocycles. The highest BCUT2D eigenvalue weighted by molar-refractivity contribution is 7.71. The average Bonchev–Trinajstić information content (AvgIpc) is 2.40. The van der Waals surface area contributed by atoms with Gasteiger partial charge in [-0.1, -0.05) is 12.2 Å². The Hall–Kier alpha value is -1.88. The molecule has 0 spiro atoms. The quantitative estimate of drug-likeness (QED) is 0.859. The van der Waals surface area contributed by atoms with Gasteiger partial charge in [0.2, 0.25) is 0 Å². The summed E-state index contributed by atoms with van der Waals surface area (Å²) in [4.78, 5) is 7.05. The smallest absolute Gasteiger partial charge is 0.179 e. The maximum Gasteiger partial charge on any atom is 0.179 e. The predicted octanol–water partition coefficient (Wildman–Crippen LogP) is 3.21. The number of benzene rings is 1. The average molecular weight is 262 g/mol. The lowest BCUT2D eigenvalue weighted by Crippen LogP contribution is -1.95. The normalized spacial score (nSPS) is 10.1. The van der Waals surface area contributed by atoms with Crippen molar-refractivity contribution in [2.24, 2.45) is 0 Å². The van der Waals surface area contributed by atoms with Gasteiger partial charge in [0.1, 0.15) is 5.75 Å². The van der Waals surface area contributed by atoms with Crippen LogP contribution in [0, 0.1) is 4.64 Å². The van der Waals surface area contributed by atoms with Gasteiger partial charge >= 0.3 is 0 Å². The van der Waals surface area contributed by atoms with E-state index in [2.05, 4.69) is 9.97 Å². The number of rotatable bonds is 4. The van der Waals surface area contributed by atoms with Gasteiger partial charge in [0.15, 0.2) is 10.4 Å². The van der Waals surface area contributed by atoms with E-state index in [1.807, 2.05) is 31.2 Å². The van der Waals surface area contributed by atoms with Gasteiger partial charge in [0.05, 0.1) is 25.7 Å². The van der Waals surface area contributed by atoms with Crippen LogP contribution in [0.1, 0.15) is 6.92 Å². The summed E-state index contributed by atoms with van der Waals surface area (Å²) in [5, 5.41) is 0. The highest BCUT2D eigenvalue weighted by Crippen LogP contribution is 2.28. The first-order valence-corrected chi connectivity index (χ1v) is 6.02. The molecule has 0 saturated heterocycles. The molecule has 0 fully saturated rings. The van der Waals surface area contributed by atoms with Crippen molar-refractivity contribution < 1.29 is 9.47 Å². The zero-order chi connectivity index (χ0) is 13.0. The third kappa shape index (κ3) is 2.51. The van der Waals surface area contributed by atoms with E-state index in [1.54, 1.807) is 13.4 Å². The Morgan fingerprint density at radius 2 is 2.00 bits per heavy atom. The lowest BCUT2D eigenvalue weighted by molar-refractivity contribution is 0.340. The van der Waals surface area contributed by atoms with Crippen LogP contribution in [0.15, 0.2) is 30.6 Å². The highest BCUT2D eigenvalue weighted by Gasteiger charge is 2.08. The molecule has 1 heterocycles. The Morgan fingerprint density at radius 3 is 2.61 bits per heavy atom. The van der Waals surface area contributed by atoms with E-state index in [0.29, 0.717) is 17.0 Å². The summed E-state index contributed by atoms with van der Waals surface area (Å²) in [6, 6.07) is 7.73. The molecule has 18 heavy (non-hydrogen) atoms. The van der Waals surface area contributed by atoms with E-state index in [9.17, 15) is 0 Å². The SMILES string of the molecule is CCOc1ccc(-c2[nH]cnc(=S)c2OC)cc1. The van der Waals surface area contributed by atoms with Crippen LogP contribution in [0.25, 0.3) is 11.3 Å². The molecule has 0 bridgehead atoms. The van der Waals surface area contributed by atoms with Gasteiger partial charge in [-0.2, -0.15) is 0 Å². The summed E-state index contributed by atoms with van der Waals surface area (Å²) in [6.45, 7) is 2.61. The van der Waals surface area contributed by atoms with Crippen LogP contribution in [0.2, 0.25) is 0 Å². The fourth-order valence-corrected chi connectivity index (χ4v) is 1.91. The molecule has 94 valence electrons. The predicted molar refractivity (Wildman–Crippen MR) is 72.6 cm³/mol. The molecule has 0 radical (unpaired) electrons. The van der Waals surface area contributed by atoms with Crippen LogP contribution in [0.4, 0.5) is 0 Å². The summed E-state index contributed by atoms with van der Waals surface area (Å²) < 4.78 is 11.1. The first-order chi connectivity index (χ1) is 8.76. The van der Waals surface area contributed by atoms with Crippen LogP contribution in [-0.2, 0) is 0 Å². The van der Waals surface area contributed by atoms with E-state index in [0.717, 1.165) is 17.0 Å². The van der Waals surface area contributed by atoms with Gasteiger partial charge in [0, 0.05) is 5.56 Å². The van der Waals surface area contributed by atoms with Crippen LogP contribution >= 0.6 is 12.2 Å². The van der Waals surface area contributed by atoms with Gasteiger partial charge in [-0.05, 0) is 31.2 Å². The summed E-state index contributed by atoms with van der Waals surface area (Å²) in [5.41, 5.74) is 1.80. The van der Waals surface area contributed by atoms with E-state index in [4.69, 9.17) is 21.7 Å². The number of ether oxygens (including phenoxy) is 2. The number of nitrogens with zero attached hydrogens (tertiary/aromatic N) is 1. The molecule has 0 aliphatic heterocycles. The summed E-state index contributed by atoms with van der Waals surface area (Å²) >= 11 is 5.13. The Labute approximate surface area is 111 Å². The van der Waals surface area contributed by atoms with Crippen molar-refractivity contribution in [3.63, 3.8) is 0 Å². The molecule has 0 unspecified atom stereocenters. The molecule has 2 aromatic rings. The fraction of sp³-hybridized carbons (Fsp3) is 0.231. The van der Waals surface area contributed by atoms with Crippen molar-refractivity contribution in [1.82, 2.24) is 9.97 Å². The second kappa shape index (κ2) is 5.64. The molecule has 0 atom stereocenters. The number of nitrogens with one attached hydrogen (secondary N) is 1. The van der Waals surface area contributed by atoms with Crippen molar-refractivity contribution in [2.75, 3.05) is 13.7 Å². The lowest BCUT2D eigenvalue weighted by atomic mass is 10.1. The summed E-state index contributed by atoms with van der Waals surface area (Å²) in [6.07, 6.45) is 1.57. The van der Waals surface area contributed by atoms with Gasteiger partial charge in [-0.3, -0.25) is 0 Å². The Morgan fingerprint density at radius 1 is 1.28 bits per heavy atom. The monoisotopic (exact) mass is 262 g/mol. The second-order valence-corrected chi connectivity index (χ2v) is 3.96. The summed E-state index contributed by atoms with van der Waals surface area (Å²) in [7, 11) is 1.58. The Kier molecular flexibility index (Phi) is 3.94. The molecular weight excluding hydrogens is 248 g/mol. The van der Waals surface area contributed by atoms with Crippen LogP contribution in [-0.4, -0.2) is 23.7 Å². The molecule has 0 aliphatic carbocycles. The number of H-pyrrole nitrogens is 1. The number of methoxy groups -OCH3 is 1. The van der Waals surface area contributed by atoms with Crippen molar-refractivity contribution in [2.45, 2.75) is 6.92 Å². The largest absolute Gasteiger partial charge is 0.494 e. The van der Waals surface area contributed by atoms with Gasteiger partial charge < -0.3 is 14.5 Å². The second-order valence-electron chi connectivity index (χ2n) is 3.57. The van der Waals surface area contributed by atoms with Crippen molar-refractivity contribution in [3.05, 3.63) is 35.2 Å². The van der Waals surface area contributed by atoms with Crippen LogP contribution in [0.3, 0.4) is 0 Å². The maximum atomic E-state index is 5.40. The van der Waals surface area contributed by atoms with Crippen molar-refractivity contribution in [1.29, 1.82) is 0 Å². The standard InChI is InChI=1S/C13H14N2O2S/c1-3-17-10-6-4-9(5-7-10)11-12(16-2)13(18)15-8-14-11/h4-8H,3H2,1-2H3,(H,14,15,18). The third-order valence-electron chi connectivity index (χ3n) is 2.47. The van der Waals surface area contributed by atoms with Crippen molar-refractivity contribution in [3.8, 4) is 22.8 Å². The fourth-order valence-electron chi connectivity index (χ4n) is 1.67. The maximum absolute atomic E-state index is 5.40. The molecule has 5 heteroatoms. The van der Waals surface area contributed by atoms with Crippen LogP contribution < -0.4 is 9.47 Å². The Bertz CT molecular complexity index is 578. The molecule has 0 amide bonds. The molecule has 0 saturated carbocycles. The number of hydrogen-bond donors (Lipinski definition) is 1. The molecule has 1 aromatic heterocycles. The van der Waals surface area contributed by atoms with E-state index < -0.39 is 0 Å². The first kappa shape index (κ1) is 12.6. The molecule has 4 nitrogen and oxygen atoms in total. The third-order valence-corrected chi connectivity index (χ3v) is 2.76. The first-order valence-electron chi connectivity index (χ1n) is 5.61. The number of aromatic amines is 1. The molecular formula is C13H14N2O2S. The zero-order valence-electron chi connectivity index (χ0n) is 10.3. The molecule has 1 N–H and O–H groups in total. The minimum atomic E-state index is 0.445. The van der Waals surface area contributed by atoms with Gasteiger partial charge in [0.25, 0.3) is 0 Å². The van der Waals surface area contributed by atoms with Gasteiger partial charge in [-0.25, -0.2) is 4.98 Å². The van der Waals surface area contributed by atoms with Crippen molar-refractivity contribution >= 4 is 12.2 Å². The topological polar surface area (TPSA) is 47.1 Å². The van der Waals surface area contributed by atoms with Crippen LogP contribution in [0.5, 0.6) is 11.5 Å². The van der Waals surface area contributed by atoms with E-state index >= 15 is 0 Å². The zero-order valence-corrected chi connectivity index (χ0v) is 11.1. The minimum Gasteiger partial charge on any atom is -0.494 e. The van der Waals surface area contributed by atoms with E-state index in [-0.39, 0.29) is 0 Å². The Balaban J connectivity index is 2.42. The lowest BCUT2D eigenvalue weighted by Gasteiger charge is -2.09.